The number of hydrogen-bond acceptors (Lipinski definition) is 10. The number of ether oxygens (including phenoxy) is 2. The Balaban J connectivity index is 0.00000189. The van der Waals surface area contributed by atoms with Gasteiger partial charge in [0, 0.05) is 23.7 Å². The van der Waals surface area contributed by atoms with Crippen molar-refractivity contribution in [3.05, 3.63) is 70.8 Å². The molecular formula is C26H27N3O10S2. The molecule has 0 saturated carbocycles. The first-order valence-corrected chi connectivity index (χ1v) is 15.0. The van der Waals surface area contributed by atoms with Gasteiger partial charge in [0.25, 0.3) is 20.2 Å². The molecule has 2 heterocycles. The number of carbonyl (C=O) groups is 2. The second kappa shape index (κ2) is 9.73. The molecule has 7 N–H and O–H groups in total. The van der Waals surface area contributed by atoms with Gasteiger partial charge < -0.3 is 26.3 Å². The molecule has 13 nitrogen and oxygen atoms in total. The predicted molar refractivity (Wildman–Crippen MR) is 147 cm³/mol. The second-order valence-corrected chi connectivity index (χ2v) is 11.9. The summed E-state index contributed by atoms with van der Waals surface area (Å²) in [5, 5.41) is 2.53. The first-order valence-electron chi connectivity index (χ1n) is 12.1. The van der Waals surface area contributed by atoms with E-state index in [4.69, 9.17) is 20.9 Å². The zero-order chi connectivity index (χ0) is 30.7. The Morgan fingerprint density at radius 1 is 0.878 bits per heavy atom. The molecule has 41 heavy (non-hydrogen) atoms. The maximum atomic E-state index is 13.3. The molecule has 0 fully saturated rings. The number of nitrogens with two attached hydrogens (primary N) is 2. The third-order valence-electron chi connectivity index (χ3n) is 6.81. The van der Waals surface area contributed by atoms with Gasteiger partial charge in [-0.3, -0.25) is 13.9 Å². The Hall–Kier alpha value is -4.18. The molecule has 1 aliphatic carbocycles. The Bertz CT molecular complexity index is 1740. The average molecular weight is 606 g/mol. The van der Waals surface area contributed by atoms with Crippen molar-refractivity contribution in [2.45, 2.75) is 36.2 Å². The van der Waals surface area contributed by atoms with Gasteiger partial charge in [-0.15, -0.1) is 0 Å². The zero-order valence-corrected chi connectivity index (χ0v) is 23.9. The summed E-state index contributed by atoms with van der Waals surface area (Å²) in [7, 11) is -8.77. The van der Waals surface area contributed by atoms with Crippen molar-refractivity contribution < 1.29 is 45.0 Å². The van der Waals surface area contributed by atoms with E-state index in [9.17, 15) is 35.5 Å². The van der Waals surface area contributed by atoms with Gasteiger partial charge in [0.2, 0.25) is 5.91 Å². The number of carbonyl (C=O) groups excluding carboxylic acids is 2. The van der Waals surface area contributed by atoms with Gasteiger partial charge in [0.15, 0.2) is 26.9 Å². The molecule has 0 radical (unpaired) electrons. The molecule has 2 aliphatic heterocycles. The van der Waals surface area contributed by atoms with Crippen molar-refractivity contribution in [1.29, 1.82) is 0 Å². The number of rotatable bonds is 3. The van der Waals surface area contributed by atoms with Crippen LogP contribution >= 0.6 is 0 Å². The van der Waals surface area contributed by atoms with E-state index in [1.807, 2.05) is 13.8 Å². The van der Waals surface area contributed by atoms with Crippen LogP contribution < -0.4 is 21.5 Å². The predicted octanol–water partition coefficient (Wildman–Crippen LogP) is 2.45. The van der Waals surface area contributed by atoms with Crippen molar-refractivity contribution in [1.82, 2.24) is 5.32 Å². The number of nitrogens with one attached hydrogen (secondary N) is 1. The van der Waals surface area contributed by atoms with E-state index in [1.165, 1.54) is 43.5 Å². The molecule has 5 rings (SSSR count). The molecule has 0 saturated heterocycles. The van der Waals surface area contributed by atoms with Crippen LogP contribution in [0, 0.1) is 5.41 Å². The first kappa shape index (κ1) is 29.8. The molecule has 1 unspecified atom stereocenters. The summed E-state index contributed by atoms with van der Waals surface area (Å²) >= 11 is 0. The van der Waals surface area contributed by atoms with E-state index < -0.39 is 75.8 Å². The van der Waals surface area contributed by atoms with Crippen LogP contribution in [-0.2, 0) is 40.2 Å². The van der Waals surface area contributed by atoms with Crippen molar-refractivity contribution in [3.8, 4) is 11.5 Å². The van der Waals surface area contributed by atoms with Crippen LogP contribution in [0.1, 0.15) is 31.9 Å². The lowest BCUT2D eigenvalue weighted by molar-refractivity contribution is -0.145. The minimum atomic E-state index is -5.10. The third kappa shape index (κ3) is 4.37. The number of fused-ring (bicyclic) bond motifs is 5. The van der Waals surface area contributed by atoms with Crippen LogP contribution in [0.15, 0.2) is 69.5 Å². The Labute approximate surface area is 236 Å². The number of esters is 1. The van der Waals surface area contributed by atoms with E-state index in [0.717, 1.165) is 12.1 Å². The van der Waals surface area contributed by atoms with E-state index in [1.54, 1.807) is 6.92 Å². The van der Waals surface area contributed by atoms with Gasteiger partial charge in [-0.25, -0.2) is 4.79 Å². The van der Waals surface area contributed by atoms with Gasteiger partial charge >= 0.3 is 5.97 Å². The van der Waals surface area contributed by atoms with Gasteiger partial charge in [0.1, 0.15) is 0 Å². The lowest BCUT2D eigenvalue weighted by Crippen LogP contribution is -2.36. The van der Waals surface area contributed by atoms with Crippen LogP contribution in [0.3, 0.4) is 0 Å². The van der Waals surface area contributed by atoms with Gasteiger partial charge in [-0.1, -0.05) is 32.1 Å². The molecule has 218 valence electrons. The van der Waals surface area contributed by atoms with Crippen LogP contribution in [0.2, 0.25) is 0 Å². The lowest BCUT2D eigenvalue weighted by Gasteiger charge is -2.38. The van der Waals surface area contributed by atoms with E-state index in [2.05, 4.69) is 5.32 Å². The maximum Gasteiger partial charge on any atom is 0.340 e. The number of nitrogen functional groups attached to an aromatic ring is 2. The molecule has 2 aromatic rings. The van der Waals surface area contributed by atoms with Crippen molar-refractivity contribution in [2.24, 2.45) is 5.41 Å². The van der Waals surface area contributed by atoms with Crippen LogP contribution in [0.4, 0.5) is 11.4 Å². The highest BCUT2D eigenvalue weighted by Crippen LogP contribution is 2.60. The molecule has 0 bridgehead atoms. The summed E-state index contributed by atoms with van der Waals surface area (Å²) in [5.74, 6) is -2.62. The van der Waals surface area contributed by atoms with E-state index >= 15 is 0 Å². The quantitative estimate of drug-likeness (QED) is 0.193. The fraction of sp³-hybridized carbons (Fsp3) is 0.231. The highest BCUT2D eigenvalue weighted by atomic mass is 32.2. The molecule has 1 spiro atoms. The van der Waals surface area contributed by atoms with Crippen molar-refractivity contribution in [3.63, 3.8) is 0 Å². The summed E-state index contributed by atoms with van der Waals surface area (Å²) in [6, 6.07) is 4.84. The van der Waals surface area contributed by atoms with E-state index in [0.29, 0.717) is 0 Å². The lowest BCUT2D eigenvalue weighted by atomic mass is 9.76. The monoisotopic (exact) mass is 605 g/mol. The third-order valence-corrected chi connectivity index (χ3v) is 8.68. The molecule has 3 aliphatic rings. The number of benzene rings is 2. The smallest absolute Gasteiger partial charge is 0.340 e. The Morgan fingerprint density at radius 3 is 1.78 bits per heavy atom. The second-order valence-electron chi connectivity index (χ2n) is 9.20. The summed E-state index contributed by atoms with van der Waals surface area (Å²) in [4.78, 5) is 24.1. The molecule has 2 aromatic carbocycles. The number of amides is 1. The highest BCUT2D eigenvalue weighted by molar-refractivity contribution is 7.86. The highest BCUT2D eigenvalue weighted by Gasteiger charge is 2.56. The van der Waals surface area contributed by atoms with Crippen LogP contribution in [0.25, 0.3) is 0 Å². The van der Waals surface area contributed by atoms with Gasteiger partial charge in [0.05, 0.1) is 22.4 Å². The Morgan fingerprint density at radius 2 is 1.34 bits per heavy atom. The minimum Gasteiger partial charge on any atom is -0.453 e. The SMILES string of the molecule is CC.CNC(=O)C1(C)C=CC2=C(C=C1)C1(OC2=O)c2ccc(N)c(S(=O)(=O)O)c2Oc2c1ccc(N)c2S(=O)(=O)O. The topological polar surface area (TPSA) is 225 Å². The van der Waals surface area contributed by atoms with E-state index in [-0.39, 0.29) is 22.3 Å². The van der Waals surface area contributed by atoms with Crippen molar-refractivity contribution >= 4 is 43.5 Å². The summed E-state index contributed by atoms with van der Waals surface area (Å²) in [6.45, 7) is 5.58. The maximum absolute atomic E-state index is 13.3. The standard InChI is InChI=1S/C24H21N3O10S2.C2H6/c1-23(22(29)27-2)9-7-11-12(8-10-23)24(37-21(11)28)13-3-5-15(25)19(38(30,31)32)17(13)36-18-14(24)4-6-16(26)20(18)39(33,34)35;1-2/h3-10H,25-26H2,1-2H3,(H,27,29)(H,30,31,32)(H,33,34,35);1-2H3. The fourth-order valence-electron chi connectivity index (χ4n) is 5.00. The molecular weight excluding hydrogens is 578 g/mol. The van der Waals surface area contributed by atoms with Crippen molar-refractivity contribution in [2.75, 3.05) is 18.5 Å². The number of hydrogen-bond donors (Lipinski definition) is 5. The summed E-state index contributed by atoms with van der Waals surface area (Å²) in [6.07, 6.45) is 5.72. The zero-order valence-electron chi connectivity index (χ0n) is 22.3. The molecule has 15 heteroatoms. The largest absolute Gasteiger partial charge is 0.453 e. The van der Waals surface area contributed by atoms with Gasteiger partial charge in [-0.2, -0.15) is 16.8 Å². The number of anilines is 2. The van der Waals surface area contributed by atoms with Crippen LogP contribution in [0.5, 0.6) is 11.5 Å². The van der Waals surface area contributed by atoms with Crippen LogP contribution in [-0.4, -0.2) is 44.9 Å². The minimum absolute atomic E-state index is 0.0341. The molecule has 0 aromatic heterocycles. The average Bonchev–Trinajstić information content (AvgIpc) is 3.02. The summed E-state index contributed by atoms with van der Waals surface area (Å²) < 4.78 is 81.2. The summed E-state index contributed by atoms with van der Waals surface area (Å²) in [5.41, 5.74) is 7.26. The fourth-order valence-corrected chi connectivity index (χ4v) is 6.50. The molecule has 1 amide bonds. The first-order chi connectivity index (χ1) is 19.1. The molecule has 1 atom stereocenters. The van der Waals surface area contributed by atoms with Gasteiger partial charge in [-0.05, 0) is 37.3 Å². The Kier molecular flexibility index (Phi) is 7.07. The normalized spacial score (nSPS) is 20.1.